The molecule has 9 heteroatoms. The lowest BCUT2D eigenvalue weighted by molar-refractivity contribution is -0.139. The maximum absolute atomic E-state index is 10.3. The molecular weight excluding hydrogens is 284 g/mol. The first-order valence-electron chi connectivity index (χ1n) is 6.36. The van der Waals surface area contributed by atoms with E-state index in [9.17, 15) is 9.59 Å². The molecule has 20 heavy (non-hydrogen) atoms. The van der Waals surface area contributed by atoms with Crippen LogP contribution >= 0.6 is 12.6 Å². The van der Waals surface area contributed by atoms with Crippen LogP contribution in [0.1, 0.15) is 19.3 Å². The third-order valence-corrected chi connectivity index (χ3v) is 2.67. The van der Waals surface area contributed by atoms with Crippen LogP contribution in [0, 0.1) is 0 Å². The minimum Gasteiger partial charge on any atom is -0.480 e. The van der Waals surface area contributed by atoms with Gasteiger partial charge in [0.05, 0.1) is 0 Å². The molecule has 0 aromatic rings. The first-order chi connectivity index (χ1) is 9.40. The third kappa shape index (κ3) is 13.6. The molecule has 0 aromatic heterocycles. The zero-order valence-corrected chi connectivity index (χ0v) is 12.4. The Morgan fingerprint density at radius 2 is 1.70 bits per heavy atom. The fraction of sp³-hybridized carbons (Fsp3) is 0.818. The number of nitrogens with two attached hydrogens (primary N) is 3. The summed E-state index contributed by atoms with van der Waals surface area (Å²) in [5.41, 5.74) is 15.6. The summed E-state index contributed by atoms with van der Waals surface area (Å²) < 4.78 is 0. The summed E-state index contributed by atoms with van der Waals surface area (Å²) in [6, 6.07) is -1.29. The van der Waals surface area contributed by atoms with Gasteiger partial charge < -0.3 is 32.7 Å². The van der Waals surface area contributed by atoms with Gasteiger partial charge >= 0.3 is 11.9 Å². The number of nitrogens with one attached hydrogen (secondary N) is 1. The van der Waals surface area contributed by atoms with Gasteiger partial charge in [-0.2, -0.15) is 12.6 Å². The predicted octanol–water partition coefficient (Wildman–Crippen LogP) is -1.55. The molecule has 0 spiro atoms. The van der Waals surface area contributed by atoms with Crippen molar-refractivity contribution in [3.05, 3.63) is 0 Å². The number of carboxylic acid groups (broad SMARTS) is 2. The number of thiol groups is 1. The number of rotatable bonds is 10. The molecule has 0 heterocycles. The van der Waals surface area contributed by atoms with Crippen molar-refractivity contribution in [3.8, 4) is 0 Å². The Labute approximate surface area is 124 Å². The van der Waals surface area contributed by atoms with E-state index in [0.29, 0.717) is 26.1 Å². The molecule has 0 aliphatic rings. The Hall–Kier alpha value is -0.870. The topological polar surface area (TPSA) is 165 Å². The Kier molecular flexibility index (Phi) is 15.6. The lowest BCUT2D eigenvalue weighted by Crippen LogP contribution is -2.40. The molecular formula is C11H26N4O4S. The number of aliphatic carboxylic acids is 2. The maximum Gasteiger partial charge on any atom is 0.321 e. The molecule has 0 aliphatic heterocycles. The lowest BCUT2D eigenvalue weighted by Gasteiger charge is -2.09. The van der Waals surface area contributed by atoms with Crippen molar-refractivity contribution in [1.82, 2.24) is 5.32 Å². The minimum atomic E-state index is -0.933. The van der Waals surface area contributed by atoms with Crippen LogP contribution in [0.25, 0.3) is 0 Å². The van der Waals surface area contributed by atoms with E-state index in [-0.39, 0.29) is 5.75 Å². The van der Waals surface area contributed by atoms with Gasteiger partial charge in [0, 0.05) is 18.8 Å². The van der Waals surface area contributed by atoms with Gasteiger partial charge in [-0.05, 0) is 19.4 Å². The Morgan fingerprint density at radius 1 is 1.10 bits per heavy atom. The SMILES string of the molecule is NCCCCC(N)C(=O)O.NCCN[C@H](CS)C(=O)O. The molecule has 0 rings (SSSR count). The van der Waals surface area contributed by atoms with Crippen LogP contribution in [0.5, 0.6) is 0 Å². The van der Waals surface area contributed by atoms with Crippen molar-refractivity contribution in [2.24, 2.45) is 17.2 Å². The summed E-state index contributed by atoms with van der Waals surface area (Å²) in [5.74, 6) is -1.53. The van der Waals surface area contributed by atoms with Crippen LogP contribution in [0.2, 0.25) is 0 Å². The Bertz CT molecular complexity index is 269. The van der Waals surface area contributed by atoms with Crippen molar-refractivity contribution in [2.75, 3.05) is 25.4 Å². The number of unbranched alkanes of at least 4 members (excludes halogenated alkanes) is 1. The molecule has 0 bridgehead atoms. The second-order valence-corrected chi connectivity index (χ2v) is 4.41. The molecule has 0 fully saturated rings. The molecule has 120 valence electrons. The Morgan fingerprint density at radius 3 is 2.05 bits per heavy atom. The van der Waals surface area contributed by atoms with Crippen LogP contribution in [-0.4, -0.2) is 59.6 Å². The van der Waals surface area contributed by atoms with Crippen molar-refractivity contribution in [3.63, 3.8) is 0 Å². The molecule has 0 aliphatic carbocycles. The Balaban J connectivity index is 0. The summed E-state index contributed by atoms with van der Waals surface area (Å²) in [6.07, 6.45) is 2.16. The van der Waals surface area contributed by atoms with E-state index in [1.54, 1.807) is 0 Å². The van der Waals surface area contributed by atoms with Gasteiger partial charge in [0.1, 0.15) is 12.1 Å². The van der Waals surface area contributed by atoms with Gasteiger partial charge in [-0.1, -0.05) is 6.42 Å². The highest BCUT2D eigenvalue weighted by molar-refractivity contribution is 7.80. The van der Waals surface area contributed by atoms with E-state index in [4.69, 9.17) is 27.4 Å². The van der Waals surface area contributed by atoms with Crippen LogP contribution in [0.3, 0.4) is 0 Å². The van der Waals surface area contributed by atoms with E-state index in [0.717, 1.165) is 12.8 Å². The van der Waals surface area contributed by atoms with Crippen LogP contribution in [-0.2, 0) is 9.59 Å². The first-order valence-corrected chi connectivity index (χ1v) is 6.99. The normalized spacial score (nSPS) is 13.0. The van der Waals surface area contributed by atoms with Gasteiger partial charge in [-0.25, -0.2) is 0 Å². The van der Waals surface area contributed by atoms with Gasteiger partial charge in [-0.3, -0.25) is 9.59 Å². The number of carboxylic acids is 2. The highest BCUT2D eigenvalue weighted by Crippen LogP contribution is 1.96. The lowest BCUT2D eigenvalue weighted by atomic mass is 10.1. The average Bonchev–Trinajstić information content (AvgIpc) is 2.40. The second kappa shape index (κ2) is 14.5. The summed E-state index contributed by atoms with van der Waals surface area (Å²) in [5, 5.41) is 19.5. The zero-order valence-electron chi connectivity index (χ0n) is 11.5. The van der Waals surface area contributed by atoms with E-state index in [2.05, 4.69) is 17.9 Å². The van der Waals surface area contributed by atoms with E-state index < -0.39 is 24.0 Å². The zero-order chi connectivity index (χ0) is 16.0. The van der Waals surface area contributed by atoms with Gasteiger partial charge in [0.2, 0.25) is 0 Å². The highest BCUT2D eigenvalue weighted by atomic mass is 32.1. The maximum atomic E-state index is 10.3. The largest absolute Gasteiger partial charge is 0.480 e. The highest BCUT2D eigenvalue weighted by Gasteiger charge is 2.12. The summed E-state index contributed by atoms with van der Waals surface area (Å²) in [6.45, 7) is 1.56. The number of hydrogen-bond acceptors (Lipinski definition) is 7. The molecule has 1 unspecified atom stereocenters. The predicted molar refractivity (Wildman–Crippen MR) is 80.9 cm³/mol. The second-order valence-electron chi connectivity index (χ2n) is 4.05. The van der Waals surface area contributed by atoms with Gasteiger partial charge in [0.25, 0.3) is 0 Å². The molecule has 0 saturated carbocycles. The standard InChI is InChI=1S/C6H14N2O2.C5H12N2O2S/c7-4-2-1-3-5(8)6(9)10;6-1-2-7-4(3-10)5(8)9/h5H,1-4,7-8H2,(H,9,10);4,7,10H,1-3,6H2,(H,8,9)/t;4-/m.1/s1. The fourth-order valence-corrected chi connectivity index (χ4v) is 1.40. The van der Waals surface area contributed by atoms with Crippen LogP contribution in [0.4, 0.5) is 0 Å². The summed E-state index contributed by atoms with van der Waals surface area (Å²) in [7, 11) is 0. The number of hydrogen-bond donors (Lipinski definition) is 7. The quantitative estimate of drug-likeness (QED) is 0.188. The molecule has 0 aromatic carbocycles. The molecule has 0 amide bonds. The van der Waals surface area contributed by atoms with Gasteiger partial charge in [0.15, 0.2) is 0 Å². The van der Waals surface area contributed by atoms with E-state index >= 15 is 0 Å². The third-order valence-electron chi connectivity index (χ3n) is 2.30. The average molecular weight is 310 g/mol. The van der Waals surface area contributed by atoms with E-state index in [1.807, 2.05) is 0 Å². The molecule has 9 N–H and O–H groups in total. The molecule has 0 radical (unpaired) electrons. The molecule has 8 nitrogen and oxygen atoms in total. The minimum absolute atomic E-state index is 0.287. The van der Waals surface area contributed by atoms with E-state index in [1.165, 1.54) is 0 Å². The first kappa shape index (κ1) is 21.4. The van der Waals surface area contributed by atoms with Crippen molar-refractivity contribution in [2.45, 2.75) is 31.3 Å². The molecule has 2 atom stereocenters. The monoisotopic (exact) mass is 310 g/mol. The van der Waals surface area contributed by atoms with Crippen molar-refractivity contribution in [1.29, 1.82) is 0 Å². The van der Waals surface area contributed by atoms with Gasteiger partial charge in [-0.15, -0.1) is 0 Å². The number of carbonyl (C=O) groups is 2. The van der Waals surface area contributed by atoms with Crippen molar-refractivity contribution < 1.29 is 19.8 Å². The van der Waals surface area contributed by atoms with Crippen LogP contribution < -0.4 is 22.5 Å². The smallest absolute Gasteiger partial charge is 0.321 e. The van der Waals surface area contributed by atoms with Crippen LogP contribution in [0.15, 0.2) is 0 Å². The summed E-state index contributed by atoms with van der Waals surface area (Å²) in [4.78, 5) is 20.4. The van der Waals surface area contributed by atoms with Crippen molar-refractivity contribution >= 4 is 24.6 Å². The molecule has 0 saturated heterocycles. The fourth-order valence-electron chi connectivity index (χ4n) is 1.12. The summed E-state index contributed by atoms with van der Waals surface area (Å²) >= 11 is 3.84.